The Bertz CT molecular complexity index is 1280. The van der Waals surface area contributed by atoms with Crippen molar-refractivity contribution < 1.29 is 37.0 Å². The number of hydrogen-bond donors (Lipinski definition) is 2. The number of nitrogens with zero attached hydrogens (tertiary/aromatic N) is 4. The average molecular weight is 565 g/mol. The molecule has 3 amide bonds. The van der Waals surface area contributed by atoms with Gasteiger partial charge in [-0.1, -0.05) is 6.92 Å². The molecule has 5 rings (SSSR count). The summed E-state index contributed by atoms with van der Waals surface area (Å²) in [7, 11) is 0. The van der Waals surface area contributed by atoms with Gasteiger partial charge in [-0.2, -0.15) is 13.2 Å². The first-order chi connectivity index (χ1) is 18.9. The summed E-state index contributed by atoms with van der Waals surface area (Å²) in [5.74, 6) is -0.731. The van der Waals surface area contributed by atoms with Crippen LogP contribution in [0.25, 0.3) is 0 Å². The molecule has 2 bridgehead atoms. The molecule has 0 spiro atoms. The molecule has 0 aromatic carbocycles. The molecule has 2 N–H and O–H groups in total. The van der Waals surface area contributed by atoms with Gasteiger partial charge >= 0.3 is 12.2 Å². The Morgan fingerprint density at radius 1 is 1.27 bits per heavy atom. The Labute approximate surface area is 229 Å². The number of pyridine rings is 2. The summed E-state index contributed by atoms with van der Waals surface area (Å²) in [5, 5.41) is 4.75. The second-order valence-electron chi connectivity index (χ2n) is 10.3. The maximum absolute atomic E-state index is 13.5. The predicted molar refractivity (Wildman–Crippen MR) is 139 cm³/mol. The zero-order valence-corrected chi connectivity index (χ0v) is 22.3. The molecule has 5 heterocycles. The number of alkyl halides is 3. The molecule has 0 saturated carbocycles. The summed E-state index contributed by atoms with van der Waals surface area (Å²) in [4.78, 5) is 38.2. The topological polar surface area (TPSA) is 118 Å². The zero-order chi connectivity index (χ0) is 28.7. The third-order valence-corrected chi connectivity index (χ3v) is 6.98. The Kier molecular flexibility index (Phi) is 7.48. The predicted octanol–water partition coefficient (Wildman–Crippen LogP) is 3.71. The van der Waals surface area contributed by atoms with E-state index in [1.165, 1.54) is 24.1 Å². The molecule has 2 saturated heterocycles. The normalized spacial score (nSPS) is 22.1. The first kappa shape index (κ1) is 27.9. The molecule has 0 aliphatic carbocycles. The summed E-state index contributed by atoms with van der Waals surface area (Å²) < 4.78 is 56.7. The van der Waals surface area contributed by atoms with Crippen LogP contribution in [0.5, 0.6) is 5.75 Å². The van der Waals surface area contributed by atoms with Gasteiger partial charge in [0, 0.05) is 25.4 Å². The van der Waals surface area contributed by atoms with Gasteiger partial charge in [-0.3, -0.25) is 15.0 Å². The van der Waals surface area contributed by atoms with Crippen molar-refractivity contribution >= 4 is 29.3 Å². The molecule has 11 nitrogen and oxygen atoms in total. The second-order valence-corrected chi connectivity index (χ2v) is 10.3. The lowest BCUT2D eigenvalue weighted by atomic mass is 10.1. The third kappa shape index (κ3) is 5.92. The van der Waals surface area contributed by atoms with E-state index in [4.69, 9.17) is 14.2 Å². The highest BCUT2D eigenvalue weighted by Gasteiger charge is 2.42. The number of fused-ring (bicyclic) bond motifs is 4. The number of anilines is 3. The highest BCUT2D eigenvalue weighted by molar-refractivity contribution is 6.05. The van der Waals surface area contributed by atoms with Crippen LogP contribution in [-0.4, -0.2) is 78.4 Å². The lowest BCUT2D eigenvalue weighted by Gasteiger charge is -2.35. The van der Waals surface area contributed by atoms with Gasteiger partial charge in [0.15, 0.2) is 11.6 Å². The van der Waals surface area contributed by atoms with Gasteiger partial charge in [-0.05, 0) is 44.9 Å². The number of halogens is 3. The van der Waals surface area contributed by atoms with Gasteiger partial charge in [-0.25, -0.2) is 14.8 Å². The Balaban J connectivity index is 1.31. The van der Waals surface area contributed by atoms with E-state index in [2.05, 4.69) is 15.3 Å². The molecule has 14 heteroatoms. The summed E-state index contributed by atoms with van der Waals surface area (Å²) in [6.07, 6.45) is -2.99. The fourth-order valence-electron chi connectivity index (χ4n) is 5.02. The quantitative estimate of drug-likeness (QED) is 0.523. The average Bonchev–Trinajstić information content (AvgIpc) is 3.48. The number of carbonyl (C=O) groups excluding carboxylic acids is 2. The lowest BCUT2D eigenvalue weighted by Crippen LogP contribution is -2.49. The SMILES string of the molecule is CC[C@@H](NC(=O)c1ccc2c(n1)N(C(=O)Nc1cc(OC[C@H]3COC(C)(C)O3)ccn1)[C@H]1CCN2C1)C(F)(F)F. The molecule has 0 unspecified atom stereocenters. The Morgan fingerprint density at radius 3 is 2.77 bits per heavy atom. The van der Waals surface area contributed by atoms with Crippen LogP contribution >= 0.6 is 0 Å². The standard InChI is InChI=1S/C26H31F3N6O5/c1-4-20(26(27,28)29)32-23(36)18-5-6-19-22(31-18)35(15-8-10-34(19)12-15)24(37)33-21-11-16(7-9-30-21)38-13-17-14-39-25(2,3)40-17/h5-7,9,11,15,17,20H,4,8,10,12-14H2,1-3H3,(H,32,36)(H,30,33,37)/t15-,17-,20+/m0/s1. The minimum atomic E-state index is -4.59. The molecule has 0 radical (unpaired) electrons. The maximum atomic E-state index is 13.5. The number of amides is 3. The summed E-state index contributed by atoms with van der Waals surface area (Å²) >= 11 is 0. The van der Waals surface area contributed by atoms with Crippen LogP contribution < -0.4 is 25.2 Å². The molecular formula is C26H31F3N6O5. The van der Waals surface area contributed by atoms with E-state index >= 15 is 0 Å². The van der Waals surface area contributed by atoms with Crippen LogP contribution in [0.15, 0.2) is 30.5 Å². The van der Waals surface area contributed by atoms with Crippen LogP contribution in [0.2, 0.25) is 0 Å². The minimum absolute atomic E-state index is 0.201. The lowest BCUT2D eigenvalue weighted by molar-refractivity contribution is -0.153. The summed E-state index contributed by atoms with van der Waals surface area (Å²) in [5.41, 5.74) is 0.409. The minimum Gasteiger partial charge on any atom is -0.491 e. The smallest absolute Gasteiger partial charge is 0.408 e. The molecule has 3 aliphatic rings. The van der Waals surface area contributed by atoms with E-state index in [9.17, 15) is 22.8 Å². The largest absolute Gasteiger partial charge is 0.491 e. The van der Waals surface area contributed by atoms with Gasteiger partial charge in [0.2, 0.25) is 0 Å². The number of carbonyl (C=O) groups is 2. The molecule has 2 aromatic heterocycles. The molecule has 3 aliphatic heterocycles. The van der Waals surface area contributed by atoms with Gasteiger partial charge in [-0.15, -0.1) is 0 Å². The monoisotopic (exact) mass is 564 g/mol. The van der Waals surface area contributed by atoms with Crippen LogP contribution in [0.1, 0.15) is 44.1 Å². The molecular weight excluding hydrogens is 533 g/mol. The highest BCUT2D eigenvalue weighted by atomic mass is 19.4. The van der Waals surface area contributed by atoms with E-state index in [1.807, 2.05) is 24.1 Å². The number of urea groups is 1. The Hall–Kier alpha value is -3.65. The number of ether oxygens (including phenoxy) is 3. The highest BCUT2D eigenvalue weighted by Crippen LogP contribution is 2.39. The summed E-state index contributed by atoms with van der Waals surface area (Å²) in [6.45, 7) is 6.87. The van der Waals surface area contributed by atoms with E-state index in [0.717, 1.165) is 0 Å². The van der Waals surface area contributed by atoms with Crippen molar-refractivity contribution in [3.8, 4) is 5.75 Å². The first-order valence-corrected chi connectivity index (χ1v) is 13.1. The van der Waals surface area contributed by atoms with E-state index in [-0.39, 0.29) is 42.5 Å². The van der Waals surface area contributed by atoms with Crippen molar-refractivity contribution in [2.45, 2.75) is 63.8 Å². The number of aromatic nitrogens is 2. The van der Waals surface area contributed by atoms with Gasteiger partial charge < -0.3 is 24.4 Å². The first-order valence-electron chi connectivity index (χ1n) is 13.1. The number of rotatable bonds is 7. The van der Waals surface area contributed by atoms with E-state index in [0.29, 0.717) is 37.6 Å². The zero-order valence-electron chi connectivity index (χ0n) is 22.3. The fourth-order valence-corrected chi connectivity index (χ4v) is 5.02. The Morgan fingerprint density at radius 2 is 2.08 bits per heavy atom. The van der Waals surface area contributed by atoms with Crippen LogP contribution in [0.4, 0.5) is 35.3 Å². The van der Waals surface area contributed by atoms with Gasteiger partial charge in [0.05, 0.1) is 18.3 Å². The van der Waals surface area contributed by atoms with Crippen molar-refractivity contribution in [3.63, 3.8) is 0 Å². The van der Waals surface area contributed by atoms with E-state index in [1.54, 1.807) is 18.2 Å². The van der Waals surface area contributed by atoms with Crippen LogP contribution in [0, 0.1) is 0 Å². The van der Waals surface area contributed by atoms with Crippen LogP contribution in [-0.2, 0) is 9.47 Å². The molecule has 216 valence electrons. The van der Waals surface area contributed by atoms with Crippen molar-refractivity contribution in [1.82, 2.24) is 15.3 Å². The summed E-state index contributed by atoms with van der Waals surface area (Å²) in [6, 6.07) is 3.43. The molecule has 2 aromatic rings. The molecule has 3 atom stereocenters. The number of hydrogen-bond acceptors (Lipinski definition) is 8. The second kappa shape index (κ2) is 10.7. The van der Waals surface area contributed by atoms with Crippen molar-refractivity contribution in [2.24, 2.45) is 0 Å². The third-order valence-electron chi connectivity index (χ3n) is 6.98. The molecule has 2 fully saturated rings. The van der Waals surface area contributed by atoms with Crippen molar-refractivity contribution in [1.29, 1.82) is 0 Å². The van der Waals surface area contributed by atoms with E-state index < -0.39 is 29.9 Å². The number of nitrogens with one attached hydrogen (secondary N) is 2. The van der Waals surface area contributed by atoms with Crippen molar-refractivity contribution in [2.75, 3.05) is 41.4 Å². The van der Waals surface area contributed by atoms with Crippen LogP contribution in [0.3, 0.4) is 0 Å². The fraction of sp³-hybridized carbons (Fsp3) is 0.538. The molecule has 40 heavy (non-hydrogen) atoms. The van der Waals surface area contributed by atoms with Gasteiger partial charge in [0.1, 0.15) is 36.0 Å². The van der Waals surface area contributed by atoms with Gasteiger partial charge in [0.25, 0.3) is 5.91 Å². The van der Waals surface area contributed by atoms with Crippen molar-refractivity contribution in [3.05, 3.63) is 36.2 Å². The maximum Gasteiger partial charge on any atom is 0.408 e.